The van der Waals surface area contributed by atoms with Gasteiger partial charge in [0.05, 0.1) is 0 Å². The number of aliphatic hydroxyl groups is 1. The van der Waals surface area contributed by atoms with Crippen molar-refractivity contribution >= 4 is 13.8 Å². The van der Waals surface area contributed by atoms with Gasteiger partial charge in [-0.2, -0.15) is 0 Å². The molecular formula is C17H34O7P+. The van der Waals surface area contributed by atoms with Crippen LogP contribution in [0.25, 0.3) is 0 Å². The molecule has 0 radical (unpaired) electrons. The molecule has 0 aliphatic heterocycles. The highest BCUT2D eigenvalue weighted by Crippen LogP contribution is 2.36. The van der Waals surface area contributed by atoms with Gasteiger partial charge in [0.15, 0.2) is 6.61 Å². The lowest BCUT2D eigenvalue weighted by molar-refractivity contribution is -0.146. The Bertz CT molecular complexity index is 370. The van der Waals surface area contributed by atoms with Gasteiger partial charge in [0, 0.05) is 6.42 Å². The zero-order valence-corrected chi connectivity index (χ0v) is 16.2. The first kappa shape index (κ1) is 24.4. The molecule has 0 heterocycles. The molecule has 3 N–H and O–H groups in total. The lowest BCUT2D eigenvalue weighted by atomic mass is 10.1. The average Bonchev–Trinajstić information content (AvgIpc) is 2.55. The fourth-order valence-corrected chi connectivity index (χ4v) is 2.67. The Hall–Kier alpha value is -0.590. The second-order valence-electron chi connectivity index (χ2n) is 6.27. The van der Waals surface area contributed by atoms with Crippen LogP contribution in [0.2, 0.25) is 0 Å². The molecule has 0 aliphatic rings. The highest BCUT2D eigenvalue weighted by atomic mass is 31.2. The third-order valence-electron chi connectivity index (χ3n) is 3.75. The van der Waals surface area contributed by atoms with Crippen molar-refractivity contribution in [2.75, 3.05) is 6.61 Å². The number of ether oxygens (including phenoxy) is 1. The number of unbranched alkanes of at least 4 members (excludes halogenated alkanes) is 10. The van der Waals surface area contributed by atoms with Gasteiger partial charge in [-0.05, 0) is 6.42 Å². The van der Waals surface area contributed by atoms with E-state index in [1.165, 1.54) is 51.4 Å². The zero-order chi connectivity index (χ0) is 19.0. The van der Waals surface area contributed by atoms with Crippen LogP contribution in [0.1, 0.15) is 84.0 Å². The molecule has 25 heavy (non-hydrogen) atoms. The lowest BCUT2D eigenvalue weighted by Crippen LogP contribution is -2.19. The molecule has 0 bridgehead atoms. The van der Waals surface area contributed by atoms with Crippen molar-refractivity contribution in [3.05, 3.63) is 6.61 Å². The summed E-state index contributed by atoms with van der Waals surface area (Å²) in [6.07, 6.45) is 12.1. The smallest absolute Gasteiger partial charge is 0.458 e. The number of phosphoric ester groups is 1. The molecule has 0 rings (SSSR count). The molecule has 8 heteroatoms. The normalized spacial score (nSPS) is 12.8. The summed E-state index contributed by atoms with van der Waals surface area (Å²) in [4.78, 5) is 28.4. The average molecular weight is 381 g/mol. The van der Waals surface area contributed by atoms with Crippen molar-refractivity contribution < 1.29 is 33.5 Å². The van der Waals surface area contributed by atoms with E-state index in [0.29, 0.717) is 6.61 Å². The third-order valence-corrected chi connectivity index (χ3v) is 4.15. The van der Waals surface area contributed by atoms with E-state index < -0.39 is 19.9 Å². The fourth-order valence-electron chi connectivity index (χ4n) is 2.37. The van der Waals surface area contributed by atoms with Gasteiger partial charge in [0.1, 0.15) is 0 Å². The van der Waals surface area contributed by atoms with E-state index >= 15 is 0 Å². The maximum atomic E-state index is 11.5. The van der Waals surface area contributed by atoms with Crippen LogP contribution >= 0.6 is 7.82 Å². The van der Waals surface area contributed by atoms with Crippen LogP contribution in [-0.4, -0.2) is 33.6 Å². The Morgan fingerprint density at radius 1 is 0.960 bits per heavy atom. The molecule has 7 nitrogen and oxygen atoms in total. The molecule has 0 saturated heterocycles. The molecular weight excluding hydrogens is 347 g/mol. The molecule has 0 aromatic heterocycles. The van der Waals surface area contributed by atoms with Crippen molar-refractivity contribution in [2.24, 2.45) is 0 Å². The summed E-state index contributed by atoms with van der Waals surface area (Å²) in [6, 6.07) is 0. The Morgan fingerprint density at radius 2 is 1.44 bits per heavy atom. The van der Waals surface area contributed by atoms with Gasteiger partial charge in [0.25, 0.3) is 12.7 Å². The van der Waals surface area contributed by atoms with Crippen LogP contribution in [0, 0.1) is 6.61 Å². The molecule has 0 fully saturated rings. The van der Waals surface area contributed by atoms with E-state index in [4.69, 9.17) is 14.5 Å². The molecule has 0 spiro atoms. The Morgan fingerprint density at radius 3 is 1.92 bits per heavy atom. The summed E-state index contributed by atoms with van der Waals surface area (Å²) in [5.41, 5.74) is 0. The van der Waals surface area contributed by atoms with Crippen molar-refractivity contribution in [2.45, 2.75) is 90.1 Å². The number of esters is 1. The predicted octanol–water partition coefficient (Wildman–Crippen LogP) is 3.86. The maximum Gasteiger partial charge on any atom is 0.509 e. The van der Waals surface area contributed by atoms with E-state index in [-0.39, 0.29) is 13.0 Å². The topological polar surface area (TPSA) is 113 Å². The second kappa shape index (κ2) is 15.6. The van der Waals surface area contributed by atoms with E-state index in [1.807, 2.05) is 0 Å². The second-order valence-corrected chi connectivity index (χ2v) is 7.46. The zero-order valence-electron chi connectivity index (χ0n) is 15.3. The standard InChI is InChI=1S/C17H33O7P/c1-2-3-4-5-6-7-8-9-10-11-12-13-17(19)23-14-16(18)15-24-25(20,21)22/h15-16,18H,2-14H2,1H3,(H-,20,21,22)/p+1/t16-/m1/s1. The van der Waals surface area contributed by atoms with Crippen molar-refractivity contribution in [3.63, 3.8) is 0 Å². The highest BCUT2D eigenvalue weighted by molar-refractivity contribution is 7.46. The minimum atomic E-state index is -4.66. The monoisotopic (exact) mass is 381 g/mol. The van der Waals surface area contributed by atoms with E-state index in [2.05, 4.69) is 11.4 Å². The van der Waals surface area contributed by atoms with Crippen LogP contribution in [-0.2, 0) is 18.6 Å². The summed E-state index contributed by atoms with van der Waals surface area (Å²) in [7, 11) is -4.66. The number of hydrogen-bond acceptors (Lipinski definition) is 5. The lowest BCUT2D eigenvalue weighted by Gasteiger charge is -2.06. The molecule has 0 aromatic carbocycles. The van der Waals surface area contributed by atoms with Crippen LogP contribution < -0.4 is 0 Å². The van der Waals surface area contributed by atoms with Crippen molar-refractivity contribution in [1.82, 2.24) is 0 Å². The van der Waals surface area contributed by atoms with Gasteiger partial charge in [0.2, 0.25) is 0 Å². The first-order valence-electron chi connectivity index (χ1n) is 9.26. The molecule has 0 aromatic rings. The number of rotatable bonds is 17. The van der Waals surface area contributed by atoms with Gasteiger partial charge < -0.3 is 19.6 Å². The molecule has 0 saturated carbocycles. The highest BCUT2D eigenvalue weighted by Gasteiger charge is 2.27. The van der Waals surface area contributed by atoms with Gasteiger partial charge in [-0.3, -0.25) is 4.79 Å². The van der Waals surface area contributed by atoms with Gasteiger partial charge >= 0.3 is 13.8 Å². The van der Waals surface area contributed by atoms with E-state index in [9.17, 15) is 14.5 Å². The molecule has 1 atom stereocenters. The van der Waals surface area contributed by atoms with Crippen LogP contribution in [0.15, 0.2) is 0 Å². The van der Waals surface area contributed by atoms with Gasteiger partial charge in [-0.25, -0.2) is 4.57 Å². The Labute approximate surface area is 151 Å². The molecule has 0 aliphatic carbocycles. The summed E-state index contributed by atoms with van der Waals surface area (Å²) >= 11 is 0. The number of hydrogen-bond donors (Lipinski definition) is 3. The van der Waals surface area contributed by atoms with E-state index in [0.717, 1.165) is 19.3 Å². The quantitative estimate of drug-likeness (QED) is 0.152. The maximum absolute atomic E-state index is 11.5. The van der Waals surface area contributed by atoms with Crippen LogP contribution in [0.5, 0.6) is 0 Å². The summed E-state index contributed by atoms with van der Waals surface area (Å²) in [6.45, 7) is 2.41. The van der Waals surface area contributed by atoms with Gasteiger partial charge in [-0.15, -0.1) is 0 Å². The largest absolute Gasteiger partial charge is 0.509 e. The van der Waals surface area contributed by atoms with Crippen LogP contribution in [0.4, 0.5) is 0 Å². The third kappa shape index (κ3) is 19.6. The first-order chi connectivity index (χ1) is 11.8. The minimum absolute atomic E-state index is 0.281. The number of phosphoric acid groups is 1. The molecule has 0 unspecified atom stereocenters. The summed E-state index contributed by atoms with van der Waals surface area (Å²) < 4.78 is 19.2. The number of aliphatic hydroxyl groups excluding tert-OH is 1. The van der Waals surface area contributed by atoms with Crippen molar-refractivity contribution in [3.8, 4) is 0 Å². The summed E-state index contributed by atoms with van der Waals surface area (Å²) in [5, 5.41) is 9.32. The van der Waals surface area contributed by atoms with E-state index in [1.54, 1.807) is 0 Å². The first-order valence-corrected chi connectivity index (χ1v) is 10.8. The summed E-state index contributed by atoms with van der Waals surface area (Å²) in [5.74, 6) is -0.431. The SMILES string of the molecule is CCCCCCCCCCCCCC(=O)OC[C@@H](O)[CH+]OP(=O)(O)O. The molecule has 0 amide bonds. The predicted molar refractivity (Wildman–Crippen MR) is 95.5 cm³/mol. The van der Waals surface area contributed by atoms with Gasteiger partial charge in [-0.1, -0.05) is 75.7 Å². The number of carbonyl (C=O) groups excluding carboxylic acids is 1. The minimum Gasteiger partial charge on any atom is -0.458 e. The fraction of sp³-hybridized carbons (Fsp3) is 0.882. The Balaban J connectivity index is 3.37. The van der Waals surface area contributed by atoms with Crippen molar-refractivity contribution in [1.29, 1.82) is 0 Å². The Kier molecular flexibility index (Phi) is 15.3. The molecule has 148 valence electrons. The number of carbonyl (C=O) groups is 1. The van der Waals surface area contributed by atoms with Crippen LogP contribution in [0.3, 0.4) is 0 Å².